The number of nitrogens with one attached hydrogen (secondary N) is 1. The van der Waals surface area contributed by atoms with Gasteiger partial charge in [-0.2, -0.15) is 15.0 Å². The Morgan fingerprint density at radius 2 is 1.79 bits per heavy atom. The SMILES string of the molecule is CC1CCCN1c1nc(NN)nc(N2CCCC2)n1. The summed E-state index contributed by atoms with van der Waals surface area (Å²) in [6.45, 7) is 5.25. The molecule has 0 bridgehead atoms. The van der Waals surface area contributed by atoms with Gasteiger partial charge in [0.25, 0.3) is 0 Å². The summed E-state index contributed by atoms with van der Waals surface area (Å²) in [4.78, 5) is 17.8. The van der Waals surface area contributed by atoms with Crippen LogP contribution in [-0.2, 0) is 0 Å². The summed E-state index contributed by atoms with van der Waals surface area (Å²) in [5.74, 6) is 7.42. The van der Waals surface area contributed by atoms with Gasteiger partial charge in [-0.25, -0.2) is 5.84 Å². The van der Waals surface area contributed by atoms with Gasteiger partial charge in [0.1, 0.15) is 0 Å². The standard InChI is InChI=1S/C12H21N7/c1-9-5-4-8-19(9)12-15-10(17-13)14-11(16-12)18-6-2-3-7-18/h9H,2-8,13H2,1H3,(H,14,15,16,17). The molecular formula is C12H21N7. The number of aromatic nitrogens is 3. The first-order valence-electron chi connectivity index (χ1n) is 7.02. The van der Waals surface area contributed by atoms with Gasteiger partial charge in [0, 0.05) is 25.7 Å². The monoisotopic (exact) mass is 263 g/mol. The zero-order valence-electron chi connectivity index (χ0n) is 11.3. The minimum Gasteiger partial charge on any atom is -0.341 e. The summed E-state index contributed by atoms with van der Waals surface area (Å²) in [5.41, 5.74) is 2.55. The van der Waals surface area contributed by atoms with Crippen LogP contribution in [0.1, 0.15) is 32.6 Å². The number of nitrogens with zero attached hydrogens (tertiary/aromatic N) is 5. The number of hydrogen-bond donors (Lipinski definition) is 2. The lowest BCUT2D eigenvalue weighted by Crippen LogP contribution is -2.30. The molecule has 7 nitrogen and oxygen atoms in total. The van der Waals surface area contributed by atoms with Gasteiger partial charge in [-0.15, -0.1) is 0 Å². The van der Waals surface area contributed by atoms with E-state index in [2.05, 4.69) is 37.1 Å². The fraction of sp³-hybridized carbons (Fsp3) is 0.750. The second-order valence-corrected chi connectivity index (χ2v) is 5.28. The van der Waals surface area contributed by atoms with Crippen molar-refractivity contribution in [1.82, 2.24) is 15.0 Å². The molecule has 1 aromatic rings. The molecule has 2 aliphatic rings. The predicted molar refractivity (Wildman–Crippen MR) is 75.1 cm³/mol. The number of hydrogen-bond acceptors (Lipinski definition) is 7. The van der Waals surface area contributed by atoms with E-state index in [0.29, 0.717) is 12.0 Å². The quantitative estimate of drug-likeness (QED) is 0.615. The third kappa shape index (κ3) is 2.42. The highest BCUT2D eigenvalue weighted by Crippen LogP contribution is 2.25. The fourth-order valence-electron chi connectivity index (χ4n) is 2.84. The Balaban J connectivity index is 1.92. The first-order chi connectivity index (χ1) is 9.28. The van der Waals surface area contributed by atoms with Gasteiger partial charge in [-0.05, 0) is 32.6 Å². The predicted octanol–water partition coefficient (Wildman–Crippen LogP) is 0.746. The lowest BCUT2D eigenvalue weighted by molar-refractivity contribution is 0.712. The van der Waals surface area contributed by atoms with Crippen LogP contribution in [0.15, 0.2) is 0 Å². The highest BCUT2D eigenvalue weighted by molar-refractivity contribution is 5.46. The Hall–Kier alpha value is -1.63. The molecule has 3 heterocycles. The summed E-state index contributed by atoms with van der Waals surface area (Å²) in [6, 6.07) is 0.486. The third-order valence-electron chi connectivity index (χ3n) is 3.94. The highest BCUT2D eigenvalue weighted by Gasteiger charge is 2.25. The van der Waals surface area contributed by atoms with E-state index in [9.17, 15) is 0 Å². The number of anilines is 3. The maximum Gasteiger partial charge on any atom is 0.243 e. The summed E-state index contributed by atoms with van der Waals surface area (Å²) in [6.07, 6.45) is 4.78. The zero-order valence-corrected chi connectivity index (χ0v) is 11.3. The van der Waals surface area contributed by atoms with Crippen molar-refractivity contribution in [3.63, 3.8) is 0 Å². The van der Waals surface area contributed by atoms with Crippen LogP contribution in [-0.4, -0.2) is 40.6 Å². The van der Waals surface area contributed by atoms with Crippen molar-refractivity contribution in [3.05, 3.63) is 0 Å². The average molecular weight is 263 g/mol. The number of hydrazine groups is 1. The third-order valence-corrected chi connectivity index (χ3v) is 3.94. The molecule has 0 amide bonds. The van der Waals surface area contributed by atoms with Gasteiger partial charge >= 0.3 is 0 Å². The van der Waals surface area contributed by atoms with Crippen LogP contribution in [0, 0.1) is 0 Å². The van der Waals surface area contributed by atoms with Crippen molar-refractivity contribution in [2.45, 2.75) is 38.6 Å². The molecule has 2 fully saturated rings. The van der Waals surface area contributed by atoms with Crippen molar-refractivity contribution >= 4 is 17.8 Å². The maximum atomic E-state index is 5.48. The Morgan fingerprint density at radius 1 is 1.05 bits per heavy atom. The Morgan fingerprint density at radius 3 is 2.42 bits per heavy atom. The first-order valence-corrected chi connectivity index (χ1v) is 7.02. The maximum absolute atomic E-state index is 5.48. The molecule has 3 rings (SSSR count). The van der Waals surface area contributed by atoms with Crippen molar-refractivity contribution in [2.75, 3.05) is 34.9 Å². The molecule has 2 saturated heterocycles. The van der Waals surface area contributed by atoms with E-state index in [0.717, 1.165) is 31.5 Å². The molecule has 1 unspecified atom stereocenters. The van der Waals surface area contributed by atoms with Crippen LogP contribution >= 0.6 is 0 Å². The molecule has 0 radical (unpaired) electrons. The Kier molecular flexibility index (Phi) is 3.37. The highest BCUT2D eigenvalue weighted by atomic mass is 15.4. The van der Waals surface area contributed by atoms with Crippen molar-refractivity contribution in [3.8, 4) is 0 Å². The molecule has 104 valence electrons. The van der Waals surface area contributed by atoms with Crippen LogP contribution in [0.4, 0.5) is 17.8 Å². The van der Waals surface area contributed by atoms with Gasteiger partial charge in [0.2, 0.25) is 17.8 Å². The molecule has 1 aromatic heterocycles. The average Bonchev–Trinajstić information content (AvgIpc) is 3.09. The zero-order chi connectivity index (χ0) is 13.2. The van der Waals surface area contributed by atoms with Crippen LogP contribution in [0.2, 0.25) is 0 Å². The van der Waals surface area contributed by atoms with Gasteiger partial charge in [-0.3, -0.25) is 5.43 Å². The first kappa shape index (κ1) is 12.4. The van der Waals surface area contributed by atoms with Crippen LogP contribution in [0.3, 0.4) is 0 Å². The van der Waals surface area contributed by atoms with E-state index < -0.39 is 0 Å². The Labute approximate surface area is 113 Å². The van der Waals surface area contributed by atoms with E-state index in [1.54, 1.807) is 0 Å². The van der Waals surface area contributed by atoms with E-state index in [-0.39, 0.29) is 0 Å². The Bertz CT molecular complexity index is 444. The smallest absolute Gasteiger partial charge is 0.243 e. The summed E-state index contributed by atoms with van der Waals surface area (Å²) in [7, 11) is 0. The van der Waals surface area contributed by atoms with Crippen molar-refractivity contribution in [1.29, 1.82) is 0 Å². The van der Waals surface area contributed by atoms with Gasteiger partial charge < -0.3 is 9.80 Å². The molecule has 19 heavy (non-hydrogen) atoms. The minimum atomic E-state index is 0.450. The van der Waals surface area contributed by atoms with Crippen molar-refractivity contribution in [2.24, 2.45) is 5.84 Å². The number of nitrogen functional groups attached to an aromatic ring is 1. The molecule has 0 aromatic carbocycles. The van der Waals surface area contributed by atoms with Crippen molar-refractivity contribution < 1.29 is 0 Å². The lowest BCUT2D eigenvalue weighted by Gasteiger charge is -2.23. The van der Waals surface area contributed by atoms with Crippen LogP contribution < -0.4 is 21.1 Å². The largest absolute Gasteiger partial charge is 0.341 e. The summed E-state index contributed by atoms with van der Waals surface area (Å²) < 4.78 is 0. The second-order valence-electron chi connectivity index (χ2n) is 5.28. The topological polar surface area (TPSA) is 83.2 Å². The molecule has 2 aliphatic heterocycles. The van der Waals surface area contributed by atoms with Gasteiger partial charge in [-0.1, -0.05) is 0 Å². The number of nitrogens with two attached hydrogens (primary N) is 1. The van der Waals surface area contributed by atoms with Crippen LogP contribution in [0.5, 0.6) is 0 Å². The lowest BCUT2D eigenvalue weighted by atomic mass is 10.2. The van der Waals surface area contributed by atoms with Gasteiger partial charge in [0.15, 0.2) is 0 Å². The minimum absolute atomic E-state index is 0.450. The fourth-order valence-corrected chi connectivity index (χ4v) is 2.84. The molecule has 0 aliphatic carbocycles. The molecular weight excluding hydrogens is 242 g/mol. The normalized spacial score (nSPS) is 23.2. The van der Waals surface area contributed by atoms with E-state index >= 15 is 0 Å². The number of rotatable bonds is 3. The molecule has 7 heteroatoms. The van der Waals surface area contributed by atoms with Crippen LogP contribution in [0.25, 0.3) is 0 Å². The summed E-state index contributed by atoms with van der Waals surface area (Å²) in [5, 5.41) is 0. The summed E-state index contributed by atoms with van der Waals surface area (Å²) >= 11 is 0. The molecule has 0 saturated carbocycles. The second kappa shape index (κ2) is 5.16. The van der Waals surface area contributed by atoms with E-state index in [4.69, 9.17) is 5.84 Å². The molecule has 1 atom stereocenters. The van der Waals surface area contributed by atoms with E-state index in [1.807, 2.05) is 0 Å². The molecule has 3 N–H and O–H groups in total. The van der Waals surface area contributed by atoms with E-state index in [1.165, 1.54) is 25.7 Å². The van der Waals surface area contributed by atoms with Gasteiger partial charge in [0.05, 0.1) is 0 Å². The molecule has 0 spiro atoms.